The summed E-state index contributed by atoms with van der Waals surface area (Å²) in [6.07, 6.45) is 3.34. The first-order valence-corrected chi connectivity index (χ1v) is 10.3. The van der Waals surface area contributed by atoms with Crippen molar-refractivity contribution in [3.05, 3.63) is 64.8 Å². The van der Waals surface area contributed by atoms with E-state index in [0.29, 0.717) is 30.4 Å². The number of fused-ring (bicyclic) bond motifs is 1. The van der Waals surface area contributed by atoms with Gasteiger partial charge in [0.2, 0.25) is 0 Å². The summed E-state index contributed by atoms with van der Waals surface area (Å²) in [5, 5.41) is 13.9. The van der Waals surface area contributed by atoms with Crippen LogP contribution in [0.1, 0.15) is 11.6 Å². The van der Waals surface area contributed by atoms with E-state index in [-0.39, 0.29) is 18.0 Å². The Morgan fingerprint density at radius 1 is 1.17 bits per heavy atom. The van der Waals surface area contributed by atoms with Crippen LogP contribution in [0.2, 0.25) is 5.02 Å². The molecule has 2 saturated heterocycles. The molecule has 2 aromatic rings. The molecule has 30 heavy (non-hydrogen) atoms. The molecule has 1 unspecified atom stereocenters. The van der Waals surface area contributed by atoms with Gasteiger partial charge in [0, 0.05) is 23.7 Å². The highest BCUT2D eigenvalue weighted by Crippen LogP contribution is 2.34. The van der Waals surface area contributed by atoms with E-state index in [4.69, 9.17) is 11.6 Å². The summed E-state index contributed by atoms with van der Waals surface area (Å²) in [6, 6.07) is 11.2. The number of rotatable bonds is 4. The lowest BCUT2D eigenvalue weighted by Gasteiger charge is -2.19. The number of hydrogen-bond donors (Lipinski definition) is 2. The van der Waals surface area contributed by atoms with Crippen molar-refractivity contribution in [3.8, 4) is 0 Å². The SMILES string of the molecule is CN[C@@H]1CN(c2ccc(N3CC4=CC(c5ccc(Cl)cc5)N=C4C3=O)cn2)C[C@H]1O. The molecule has 5 rings (SSSR count). The fourth-order valence-electron chi connectivity index (χ4n) is 4.24. The molecule has 2 N–H and O–H groups in total. The van der Waals surface area contributed by atoms with Crippen LogP contribution in [0, 0.1) is 0 Å². The van der Waals surface area contributed by atoms with Gasteiger partial charge in [0.15, 0.2) is 0 Å². The van der Waals surface area contributed by atoms with E-state index < -0.39 is 6.10 Å². The van der Waals surface area contributed by atoms with E-state index in [0.717, 1.165) is 22.6 Å². The van der Waals surface area contributed by atoms with Gasteiger partial charge >= 0.3 is 0 Å². The number of halogens is 1. The van der Waals surface area contributed by atoms with Crippen molar-refractivity contribution < 1.29 is 9.90 Å². The Morgan fingerprint density at radius 2 is 1.97 bits per heavy atom. The molecule has 4 heterocycles. The maximum absolute atomic E-state index is 12.9. The van der Waals surface area contributed by atoms with Crippen LogP contribution in [0.25, 0.3) is 0 Å². The summed E-state index contributed by atoms with van der Waals surface area (Å²) in [4.78, 5) is 25.9. The Hall–Kier alpha value is -2.74. The molecule has 0 bridgehead atoms. The average Bonchev–Trinajstić information content (AvgIpc) is 3.43. The third-order valence-corrected chi connectivity index (χ3v) is 6.20. The van der Waals surface area contributed by atoms with E-state index in [1.807, 2.05) is 54.4 Å². The maximum atomic E-state index is 12.9. The topological polar surface area (TPSA) is 81.1 Å². The van der Waals surface area contributed by atoms with Crippen molar-refractivity contribution in [1.29, 1.82) is 0 Å². The molecule has 0 aliphatic carbocycles. The van der Waals surface area contributed by atoms with Gasteiger partial charge in [0.25, 0.3) is 5.91 Å². The summed E-state index contributed by atoms with van der Waals surface area (Å²) >= 11 is 5.96. The number of nitrogens with one attached hydrogen (secondary N) is 1. The largest absolute Gasteiger partial charge is 0.390 e. The third-order valence-electron chi connectivity index (χ3n) is 5.95. The molecule has 2 fully saturated rings. The fraction of sp³-hybridized carbons (Fsp3) is 0.318. The second kappa shape index (κ2) is 7.50. The zero-order valence-corrected chi connectivity index (χ0v) is 17.3. The zero-order chi connectivity index (χ0) is 20.8. The molecule has 154 valence electrons. The normalized spacial score (nSPS) is 25.6. The lowest BCUT2D eigenvalue weighted by molar-refractivity contribution is -0.111. The lowest BCUT2D eigenvalue weighted by atomic mass is 10.1. The summed E-state index contributed by atoms with van der Waals surface area (Å²) in [7, 11) is 1.85. The highest BCUT2D eigenvalue weighted by molar-refractivity contribution is 6.53. The predicted octanol–water partition coefficient (Wildman–Crippen LogP) is 1.97. The first-order chi connectivity index (χ1) is 14.5. The molecule has 3 aliphatic heterocycles. The van der Waals surface area contributed by atoms with E-state index in [1.54, 1.807) is 11.1 Å². The first kappa shape index (κ1) is 19.2. The van der Waals surface area contributed by atoms with Crippen LogP contribution in [-0.4, -0.2) is 60.5 Å². The summed E-state index contributed by atoms with van der Waals surface area (Å²) < 4.78 is 0. The minimum absolute atomic E-state index is 0.0320. The van der Waals surface area contributed by atoms with Crippen molar-refractivity contribution in [1.82, 2.24) is 10.3 Å². The molecule has 3 aliphatic rings. The number of aromatic nitrogens is 1. The number of amides is 1. The van der Waals surface area contributed by atoms with Crippen LogP contribution in [-0.2, 0) is 4.79 Å². The fourth-order valence-corrected chi connectivity index (χ4v) is 4.37. The Labute approximate surface area is 179 Å². The number of carbonyl (C=O) groups is 1. The quantitative estimate of drug-likeness (QED) is 0.785. The van der Waals surface area contributed by atoms with Crippen molar-refractivity contribution >= 4 is 34.7 Å². The minimum atomic E-state index is -0.422. The van der Waals surface area contributed by atoms with Crippen molar-refractivity contribution in [2.45, 2.75) is 18.2 Å². The Balaban J connectivity index is 1.31. The van der Waals surface area contributed by atoms with E-state index in [2.05, 4.69) is 15.3 Å². The smallest absolute Gasteiger partial charge is 0.277 e. The van der Waals surface area contributed by atoms with Crippen LogP contribution >= 0.6 is 11.6 Å². The summed E-state index contributed by atoms with van der Waals surface area (Å²) in [5.41, 5.74) is 3.24. The van der Waals surface area contributed by atoms with Crippen molar-refractivity contribution in [2.75, 3.05) is 36.5 Å². The summed E-state index contributed by atoms with van der Waals surface area (Å²) in [6.45, 7) is 1.73. The van der Waals surface area contributed by atoms with Crippen LogP contribution in [0.4, 0.5) is 11.5 Å². The van der Waals surface area contributed by atoms with Gasteiger partial charge in [-0.25, -0.2) is 4.98 Å². The number of nitrogens with zero attached hydrogens (tertiary/aromatic N) is 4. The molecule has 0 spiro atoms. The molecule has 1 aromatic heterocycles. The van der Waals surface area contributed by atoms with E-state index in [1.165, 1.54) is 0 Å². The zero-order valence-electron chi connectivity index (χ0n) is 16.5. The molecular formula is C22H22ClN5O2. The van der Waals surface area contributed by atoms with Crippen molar-refractivity contribution in [2.24, 2.45) is 4.99 Å². The standard InChI is InChI=1S/C22H22ClN5O2/c1-24-18-11-27(12-19(18)29)20-7-6-16(9-25-20)28-10-14-8-17(26-21(14)22(28)30)13-2-4-15(23)5-3-13/h2-9,17-19,24,29H,10-12H2,1H3/t17?,18-,19-/m1/s1. The number of β-amino-alcohol motifs (C(OH)–C–C–N with tert-alkyl or cyclic N) is 1. The highest BCUT2D eigenvalue weighted by atomic mass is 35.5. The molecule has 1 aromatic carbocycles. The van der Waals surface area contributed by atoms with E-state index >= 15 is 0 Å². The lowest BCUT2D eigenvalue weighted by Crippen LogP contribution is -2.36. The van der Waals surface area contributed by atoms with Gasteiger partial charge in [-0.3, -0.25) is 9.79 Å². The molecule has 0 radical (unpaired) electrons. The molecule has 7 nitrogen and oxygen atoms in total. The summed E-state index contributed by atoms with van der Waals surface area (Å²) in [5.74, 6) is 0.695. The molecule has 8 heteroatoms. The first-order valence-electron chi connectivity index (χ1n) is 9.96. The second-order valence-electron chi connectivity index (χ2n) is 7.80. The Bertz CT molecular complexity index is 1030. The van der Waals surface area contributed by atoms with Crippen LogP contribution < -0.4 is 15.1 Å². The number of aliphatic hydroxyl groups is 1. The van der Waals surface area contributed by atoms with Gasteiger partial charge in [-0.15, -0.1) is 0 Å². The van der Waals surface area contributed by atoms with E-state index in [9.17, 15) is 9.90 Å². The second-order valence-corrected chi connectivity index (χ2v) is 8.24. The van der Waals surface area contributed by atoms with Gasteiger partial charge in [0.05, 0.1) is 36.6 Å². The predicted molar refractivity (Wildman–Crippen MR) is 117 cm³/mol. The van der Waals surface area contributed by atoms with Gasteiger partial charge < -0.3 is 20.2 Å². The number of hydrogen-bond acceptors (Lipinski definition) is 6. The number of aliphatic hydroxyl groups excluding tert-OH is 1. The van der Waals surface area contributed by atoms with Gasteiger partial charge in [-0.05, 0) is 43.0 Å². The Morgan fingerprint density at radius 3 is 2.60 bits per heavy atom. The highest BCUT2D eigenvalue weighted by Gasteiger charge is 2.37. The monoisotopic (exact) mass is 423 g/mol. The molecule has 1 amide bonds. The number of anilines is 2. The van der Waals surface area contributed by atoms with Crippen LogP contribution in [0.3, 0.4) is 0 Å². The minimum Gasteiger partial charge on any atom is -0.390 e. The van der Waals surface area contributed by atoms with Crippen LogP contribution in [0.5, 0.6) is 0 Å². The van der Waals surface area contributed by atoms with Crippen LogP contribution in [0.15, 0.2) is 59.2 Å². The number of benzene rings is 1. The van der Waals surface area contributed by atoms with Gasteiger partial charge in [-0.2, -0.15) is 0 Å². The van der Waals surface area contributed by atoms with Gasteiger partial charge in [0.1, 0.15) is 11.5 Å². The number of pyridine rings is 1. The number of carbonyl (C=O) groups excluding carboxylic acids is 1. The Kier molecular flexibility index (Phi) is 4.81. The molecular weight excluding hydrogens is 402 g/mol. The van der Waals surface area contributed by atoms with Gasteiger partial charge in [-0.1, -0.05) is 23.7 Å². The number of likely N-dealkylation sites (N-methyl/N-ethyl adjacent to an activating group) is 1. The molecule has 0 saturated carbocycles. The van der Waals surface area contributed by atoms with Crippen molar-refractivity contribution in [3.63, 3.8) is 0 Å². The molecule has 3 atom stereocenters. The third kappa shape index (κ3) is 3.29. The number of aliphatic imine (C=N–C) groups is 1. The maximum Gasteiger partial charge on any atom is 0.277 e. The average molecular weight is 424 g/mol.